The van der Waals surface area contributed by atoms with Crippen molar-refractivity contribution in [2.24, 2.45) is 5.10 Å². The Labute approximate surface area is 196 Å². The molecule has 31 heavy (non-hydrogen) atoms. The number of benzene rings is 2. The second-order valence-electron chi connectivity index (χ2n) is 6.66. The lowest BCUT2D eigenvalue weighted by Gasteiger charge is -2.17. The largest absolute Gasteiger partial charge is 0.493 e. The second kappa shape index (κ2) is 10.1. The van der Waals surface area contributed by atoms with Gasteiger partial charge in [-0.25, -0.2) is 5.43 Å². The van der Waals surface area contributed by atoms with Gasteiger partial charge in [-0.1, -0.05) is 6.92 Å². The first kappa shape index (κ1) is 22.9. The van der Waals surface area contributed by atoms with Crippen molar-refractivity contribution in [1.29, 1.82) is 0 Å². The molecule has 0 unspecified atom stereocenters. The summed E-state index contributed by atoms with van der Waals surface area (Å²) in [7, 11) is 1.57. The topological polar surface area (TPSA) is 103 Å². The molecule has 0 aliphatic heterocycles. The van der Waals surface area contributed by atoms with E-state index in [-0.39, 0.29) is 11.8 Å². The van der Waals surface area contributed by atoms with Gasteiger partial charge < -0.3 is 9.47 Å². The van der Waals surface area contributed by atoms with E-state index in [0.29, 0.717) is 21.8 Å². The number of methoxy groups -OCH3 is 1. The van der Waals surface area contributed by atoms with Crippen LogP contribution in [0.1, 0.15) is 35.5 Å². The Kier molecular flexibility index (Phi) is 7.44. The fourth-order valence-electron chi connectivity index (χ4n) is 2.69. The molecule has 3 rings (SSSR count). The van der Waals surface area contributed by atoms with Crippen LogP contribution in [0.5, 0.6) is 11.5 Å². The third-order valence-electron chi connectivity index (χ3n) is 4.46. The van der Waals surface area contributed by atoms with Crippen LogP contribution in [0.2, 0.25) is 0 Å². The minimum absolute atomic E-state index is 0.0143. The van der Waals surface area contributed by atoms with Crippen molar-refractivity contribution in [1.82, 2.24) is 5.43 Å². The summed E-state index contributed by atoms with van der Waals surface area (Å²) >= 11 is 3.42. The van der Waals surface area contributed by atoms with Gasteiger partial charge in [0.25, 0.3) is 11.6 Å². The normalized spacial score (nSPS) is 12.1. The van der Waals surface area contributed by atoms with Crippen molar-refractivity contribution in [2.45, 2.75) is 26.4 Å². The first-order valence-electron chi connectivity index (χ1n) is 9.38. The molecule has 1 heterocycles. The zero-order chi connectivity index (χ0) is 22.5. The van der Waals surface area contributed by atoms with Gasteiger partial charge in [-0.3, -0.25) is 14.9 Å². The zero-order valence-electron chi connectivity index (χ0n) is 17.0. The molecule has 10 heteroatoms. The number of fused-ring (bicyclic) bond motifs is 1. The highest BCUT2D eigenvalue weighted by Crippen LogP contribution is 2.34. The molecule has 2 aromatic carbocycles. The van der Waals surface area contributed by atoms with Crippen LogP contribution in [-0.4, -0.2) is 30.3 Å². The molecular weight excluding hydrogens is 533 g/mol. The van der Waals surface area contributed by atoms with Gasteiger partial charge in [0.2, 0.25) is 0 Å². The Morgan fingerprint density at radius 2 is 2.13 bits per heavy atom. The lowest BCUT2D eigenvalue weighted by molar-refractivity contribution is -0.384. The standard InChI is InChI=1S/C21H20IN3O5S/c1-4-12(2)30-20-16(22)7-13(8-17(20)29-3)11-23-24-21(26)19-10-14-9-15(25(27)28)5-6-18(14)31-19/h5-12H,4H2,1-3H3,(H,24,26)/b23-11-/t12-/m1/s1. The molecule has 0 radical (unpaired) electrons. The Hall–Kier alpha value is -2.73. The molecule has 0 spiro atoms. The highest BCUT2D eigenvalue weighted by atomic mass is 127. The van der Waals surface area contributed by atoms with E-state index in [9.17, 15) is 14.9 Å². The predicted molar refractivity (Wildman–Crippen MR) is 130 cm³/mol. The summed E-state index contributed by atoms with van der Waals surface area (Å²) in [5, 5.41) is 15.6. The van der Waals surface area contributed by atoms with Crippen LogP contribution in [-0.2, 0) is 0 Å². The Bertz CT molecular complexity index is 1160. The minimum atomic E-state index is -0.462. The average Bonchev–Trinajstić information content (AvgIpc) is 3.18. The highest BCUT2D eigenvalue weighted by molar-refractivity contribution is 14.1. The summed E-state index contributed by atoms with van der Waals surface area (Å²) in [5.41, 5.74) is 3.22. The molecular formula is C21H20IN3O5S. The van der Waals surface area contributed by atoms with Gasteiger partial charge >= 0.3 is 0 Å². The zero-order valence-corrected chi connectivity index (χ0v) is 20.0. The van der Waals surface area contributed by atoms with Crippen LogP contribution in [0.3, 0.4) is 0 Å². The lowest BCUT2D eigenvalue weighted by atomic mass is 10.2. The van der Waals surface area contributed by atoms with Gasteiger partial charge in [0, 0.05) is 22.2 Å². The molecule has 0 fully saturated rings. The van der Waals surface area contributed by atoms with Crippen LogP contribution in [0.4, 0.5) is 5.69 Å². The van der Waals surface area contributed by atoms with E-state index in [0.717, 1.165) is 20.3 Å². The number of nitro groups is 1. The van der Waals surface area contributed by atoms with Crippen molar-refractivity contribution in [2.75, 3.05) is 7.11 Å². The fourth-order valence-corrected chi connectivity index (χ4v) is 4.38. The maximum absolute atomic E-state index is 12.4. The van der Waals surface area contributed by atoms with Crippen LogP contribution in [0, 0.1) is 13.7 Å². The number of non-ortho nitro benzene ring substituents is 1. The van der Waals surface area contributed by atoms with E-state index >= 15 is 0 Å². The molecule has 0 saturated carbocycles. The number of hydrazone groups is 1. The molecule has 0 bridgehead atoms. The van der Waals surface area contributed by atoms with Crippen molar-refractivity contribution in [3.05, 3.63) is 60.5 Å². The molecule has 1 aromatic heterocycles. The van der Waals surface area contributed by atoms with Gasteiger partial charge in [0.15, 0.2) is 11.5 Å². The summed E-state index contributed by atoms with van der Waals surface area (Å²) in [6.45, 7) is 4.04. The SMILES string of the molecule is CC[C@@H](C)Oc1c(I)cc(/C=N\NC(=O)c2cc3cc([N+](=O)[O-])ccc3s2)cc1OC. The maximum Gasteiger partial charge on any atom is 0.281 e. The molecule has 8 nitrogen and oxygen atoms in total. The number of carbonyl (C=O) groups excluding carboxylic acids is 1. The first-order valence-corrected chi connectivity index (χ1v) is 11.3. The number of amides is 1. The van der Waals surface area contributed by atoms with Gasteiger partial charge in [-0.2, -0.15) is 5.10 Å². The number of hydrogen-bond acceptors (Lipinski definition) is 7. The first-order chi connectivity index (χ1) is 14.8. The number of carbonyl (C=O) groups is 1. The Balaban J connectivity index is 1.74. The van der Waals surface area contributed by atoms with E-state index in [1.54, 1.807) is 25.3 Å². The number of halogens is 1. The summed E-state index contributed by atoms with van der Waals surface area (Å²) in [6.07, 6.45) is 2.46. The molecule has 1 amide bonds. The van der Waals surface area contributed by atoms with Crippen LogP contribution in [0.15, 0.2) is 41.5 Å². The van der Waals surface area contributed by atoms with Crippen LogP contribution in [0.25, 0.3) is 10.1 Å². The number of nitrogens with one attached hydrogen (secondary N) is 1. The number of ether oxygens (including phenoxy) is 2. The van der Waals surface area contributed by atoms with Gasteiger partial charge in [0.05, 0.1) is 32.8 Å². The summed E-state index contributed by atoms with van der Waals surface area (Å²) in [5.74, 6) is 0.877. The van der Waals surface area contributed by atoms with Crippen molar-refractivity contribution < 1.29 is 19.2 Å². The van der Waals surface area contributed by atoms with Gasteiger partial charge in [-0.15, -0.1) is 11.3 Å². The maximum atomic E-state index is 12.4. The molecule has 3 aromatic rings. The minimum Gasteiger partial charge on any atom is -0.493 e. The molecule has 1 N–H and O–H groups in total. The number of hydrogen-bond donors (Lipinski definition) is 1. The monoisotopic (exact) mass is 553 g/mol. The van der Waals surface area contributed by atoms with Gasteiger partial charge in [-0.05, 0) is 65.8 Å². The van der Waals surface area contributed by atoms with E-state index in [4.69, 9.17) is 9.47 Å². The van der Waals surface area contributed by atoms with Gasteiger partial charge in [0.1, 0.15) is 0 Å². The van der Waals surface area contributed by atoms with E-state index in [1.807, 2.05) is 19.9 Å². The third kappa shape index (κ3) is 5.50. The third-order valence-corrected chi connectivity index (χ3v) is 6.38. The molecule has 162 valence electrons. The second-order valence-corrected chi connectivity index (χ2v) is 8.91. The van der Waals surface area contributed by atoms with Crippen LogP contribution < -0.4 is 14.9 Å². The molecule has 0 aliphatic carbocycles. The quantitative estimate of drug-likeness (QED) is 0.175. The fraction of sp³-hybridized carbons (Fsp3) is 0.238. The molecule has 0 saturated heterocycles. The van der Waals surface area contributed by atoms with Crippen LogP contribution >= 0.6 is 33.9 Å². The number of nitrogens with zero attached hydrogens (tertiary/aromatic N) is 2. The predicted octanol–water partition coefficient (Wildman–Crippen LogP) is 5.36. The Morgan fingerprint density at radius 1 is 1.35 bits per heavy atom. The Morgan fingerprint density at radius 3 is 2.81 bits per heavy atom. The summed E-state index contributed by atoms with van der Waals surface area (Å²) < 4.78 is 13.0. The number of rotatable bonds is 8. The van der Waals surface area contributed by atoms with Crippen molar-refractivity contribution >= 4 is 61.8 Å². The smallest absolute Gasteiger partial charge is 0.281 e. The van der Waals surface area contributed by atoms with E-state index in [1.165, 1.54) is 29.7 Å². The number of nitro benzene ring substituents is 1. The molecule has 0 aliphatic rings. The summed E-state index contributed by atoms with van der Waals surface area (Å²) in [4.78, 5) is 23.3. The van der Waals surface area contributed by atoms with Crippen molar-refractivity contribution in [3.63, 3.8) is 0 Å². The van der Waals surface area contributed by atoms with E-state index in [2.05, 4.69) is 33.1 Å². The summed E-state index contributed by atoms with van der Waals surface area (Å²) in [6, 6.07) is 9.79. The highest BCUT2D eigenvalue weighted by Gasteiger charge is 2.15. The van der Waals surface area contributed by atoms with Crippen molar-refractivity contribution in [3.8, 4) is 11.5 Å². The average molecular weight is 553 g/mol. The molecule has 1 atom stereocenters. The number of thiophene rings is 1. The van der Waals surface area contributed by atoms with E-state index < -0.39 is 10.8 Å². The lowest BCUT2D eigenvalue weighted by Crippen LogP contribution is -2.16.